The Bertz CT molecular complexity index is 1070. The van der Waals surface area contributed by atoms with Crippen molar-refractivity contribution in [3.63, 3.8) is 0 Å². The summed E-state index contributed by atoms with van der Waals surface area (Å²) in [5.74, 6) is 1.64. The van der Waals surface area contributed by atoms with Gasteiger partial charge in [-0.2, -0.15) is 13.2 Å². The zero-order valence-corrected chi connectivity index (χ0v) is 20.4. The van der Waals surface area contributed by atoms with Crippen molar-refractivity contribution in [2.75, 3.05) is 25.6 Å². The first-order valence-electron chi connectivity index (χ1n) is 12.1. The van der Waals surface area contributed by atoms with Gasteiger partial charge in [0.15, 0.2) is 5.78 Å². The van der Waals surface area contributed by atoms with Gasteiger partial charge in [0.05, 0.1) is 5.56 Å². The van der Waals surface area contributed by atoms with Crippen molar-refractivity contribution in [2.45, 2.75) is 70.2 Å². The zero-order valence-electron chi connectivity index (χ0n) is 20.4. The van der Waals surface area contributed by atoms with E-state index in [1.54, 1.807) is 13.2 Å². The van der Waals surface area contributed by atoms with Crippen molar-refractivity contribution in [1.82, 2.24) is 9.97 Å². The molecule has 1 aromatic heterocycles. The monoisotopic (exact) mass is 491 g/mol. The number of methoxy groups -OCH3 is 1. The number of anilines is 1. The van der Waals surface area contributed by atoms with Gasteiger partial charge in [-0.05, 0) is 56.7 Å². The molecule has 2 atom stereocenters. The maximum Gasteiger partial charge on any atom is 0.416 e. The average molecular weight is 492 g/mol. The van der Waals surface area contributed by atoms with Crippen LogP contribution in [0.1, 0.15) is 66.9 Å². The molecule has 9 heteroatoms. The number of carbonyl (C=O) groups is 1. The highest BCUT2D eigenvalue weighted by Crippen LogP contribution is 2.36. The number of hydrogen-bond acceptors (Lipinski definition) is 6. The lowest BCUT2D eigenvalue weighted by Gasteiger charge is -2.34. The third-order valence-electron chi connectivity index (χ3n) is 7.23. The Labute approximate surface area is 203 Å². The Morgan fingerprint density at radius 2 is 2.00 bits per heavy atom. The van der Waals surface area contributed by atoms with E-state index >= 15 is 0 Å². The van der Waals surface area contributed by atoms with Crippen LogP contribution in [0.15, 0.2) is 24.3 Å². The quantitative estimate of drug-likeness (QED) is 0.545. The standard InChI is InChI=1S/C26H32F3N3O3/c1-16(19-5-4-6-20(15-19)26(27,28)29)30-24-21-13-18(14-22(21)31-17(2)32-24)7-8-23(33)25(34-3)9-11-35-12-10-25/h4-6,15-16,18H,7-14H2,1-3H3,(H,30,31,32)/t16-,18?/m1/s1. The number of benzene rings is 1. The third kappa shape index (κ3) is 5.67. The number of fused-ring (bicyclic) bond motifs is 1. The van der Waals surface area contributed by atoms with Gasteiger partial charge in [-0.15, -0.1) is 0 Å². The summed E-state index contributed by atoms with van der Waals surface area (Å²) >= 11 is 0. The number of Topliss-reactive ketones (excluding diaryl/α,β-unsaturated/α-hetero) is 1. The summed E-state index contributed by atoms with van der Waals surface area (Å²) in [7, 11) is 1.59. The number of nitrogens with zero attached hydrogens (tertiary/aromatic N) is 2. The number of carbonyl (C=O) groups excluding carboxylic acids is 1. The number of nitrogens with one attached hydrogen (secondary N) is 1. The topological polar surface area (TPSA) is 73.3 Å². The summed E-state index contributed by atoms with van der Waals surface area (Å²) in [6.07, 6.45) is -0.589. The highest BCUT2D eigenvalue weighted by atomic mass is 19.4. The van der Waals surface area contributed by atoms with Gasteiger partial charge in [-0.25, -0.2) is 9.97 Å². The fraction of sp³-hybridized carbons (Fsp3) is 0.577. The SMILES string of the molecule is COC1(C(=O)CCC2Cc3nc(C)nc(N[C@H](C)c4cccc(C(F)(F)F)c4)c3C2)CCOCC1. The first-order valence-corrected chi connectivity index (χ1v) is 12.1. The molecule has 1 unspecified atom stereocenters. The van der Waals surface area contributed by atoms with Gasteiger partial charge in [0, 0.05) is 56.9 Å². The minimum Gasteiger partial charge on any atom is -0.381 e. The number of ether oxygens (including phenoxy) is 2. The Hall–Kier alpha value is -2.52. The molecule has 35 heavy (non-hydrogen) atoms. The van der Waals surface area contributed by atoms with E-state index < -0.39 is 17.3 Å². The number of aromatic nitrogens is 2. The van der Waals surface area contributed by atoms with Gasteiger partial charge in [-0.3, -0.25) is 4.79 Å². The van der Waals surface area contributed by atoms with Crippen LogP contribution in [0, 0.1) is 12.8 Å². The summed E-state index contributed by atoms with van der Waals surface area (Å²) in [6.45, 7) is 4.69. The van der Waals surface area contributed by atoms with Crippen LogP contribution in [0.5, 0.6) is 0 Å². The van der Waals surface area contributed by atoms with Gasteiger partial charge in [0.2, 0.25) is 0 Å². The van der Waals surface area contributed by atoms with Gasteiger partial charge in [0.1, 0.15) is 17.2 Å². The predicted molar refractivity (Wildman–Crippen MR) is 125 cm³/mol. The highest BCUT2D eigenvalue weighted by molar-refractivity contribution is 5.87. The summed E-state index contributed by atoms with van der Waals surface area (Å²) in [5.41, 5.74) is 1.05. The van der Waals surface area contributed by atoms with Crippen molar-refractivity contribution < 1.29 is 27.4 Å². The maximum absolute atomic E-state index is 13.1. The normalized spacial score (nSPS) is 20.3. The van der Waals surface area contributed by atoms with Gasteiger partial charge in [0.25, 0.3) is 0 Å². The Kier molecular flexibility index (Phi) is 7.47. The molecule has 2 aliphatic rings. The first kappa shape index (κ1) is 25.6. The second-order valence-corrected chi connectivity index (χ2v) is 9.58. The number of aryl methyl sites for hydroxylation is 1. The molecule has 190 valence electrons. The number of hydrogen-bond donors (Lipinski definition) is 1. The molecular formula is C26H32F3N3O3. The molecule has 0 saturated carbocycles. The Morgan fingerprint density at radius 3 is 2.69 bits per heavy atom. The molecule has 2 aromatic rings. The first-order chi connectivity index (χ1) is 16.6. The summed E-state index contributed by atoms with van der Waals surface area (Å²) in [6, 6.07) is 4.97. The minimum atomic E-state index is -4.39. The number of halogens is 3. The van der Waals surface area contributed by atoms with Crippen molar-refractivity contribution in [2.24, 2.45) is 5.92 Å². The molecule has 4 rings (SSSR count). The van der Waals surface area contributed by atoms with Gasteiger partial charge < -0.3 is 14.8 Å². The van der Waals surface area contributed by atoms with Crippen molar-refractivity contribution in [3.05, 3.63) is 52.5 Å². The van der Waals surface area contributed by atoms with Gasteiger partial charge >= 0.3 is 6.18 Å². The zero-order chi connectivity index (χ0) is 25.2. The van der Waals surface area contributed by atoms with E-state index in [0.29, 0.717) is 49.7 Å². The van der Waals surface area contributed by atoms with Crippen LogP contribution < -0.4 is 5.32 Å². The molecule has 0 bridgehead atoms. The maximum atomic E-state index is 13.1. The smallest absolute Gasteiger partial charge is 0.381 e. The van der Waals surface area contributed by atoms with Crippen molar-refractivity contribution in [3.8, 4) is 0 Å². The molecule has 6 nitrogen and oxygen atoms in total. The second kappa shape index (κ2) is 10.2. The van der Waals surface area contributed by atoms with E-state index in [1.807, 2.05) is 13.8 Å². The van der Waals surface area contributed by atoms with E-state index in [0.717, 1.165) is 36.6 Å². The lowest BCUT2D eigenvalue weighted by atomic mass is 9.85. The summed E-state index contributed by atoms with van der Waals surface area (Å²) < 4.78 is 50.5. The van der Waals surface area contributed by atoms with Crippen LogP contribution >= 0.6 is 0 Å². The van der Waals surface area contributed by atoms with Crippen molar-refractivity contribution >= 4 is 11.6 Å². The van der Waals surface area contributed by atoms with E-state index in [2.05, 4.69) is 15.3 Å². The van der Waals surface area contributed by atoms with Gasteiger partial charge in [-0.1, -0.05) is 12.1 Å². The van der Waals surface area contributed by atoms with Crippen LogP contribution in [0.25, 0.3) is 0 Å². The molecule has 1 N–H and O–H groups in total. The van der Waals surface area contributed by atoms with Crippen LogP contribution in [0.3, 0.4) is 0 Å². The van der Waals surface area contributed by atoms with E-state index in [4.69, 9.17) is 9.47 Å². The molecule has 0 amide bonds. The molecular weight excluding hydrogens is 459 g/mol. The molecule has 1 saturated heterocycles. The van der Waals surface area contributed by atoms with Crippen LogP contribution in [-0.4, -0.2) is 41.7 Å². The molecule has 0 radical (unpaired) electrons. The highest BCUT2D eigenvalue weighted by Gasteiger charge is 2.40. The Morgan fingerprint density at radius 1 is 1.26 bits per heavy atom. The fourth-order valence-corrected chi connectivity index (χ4v) is 5.13. The second-order valence-electron chi connectivity index (χ2n) is 9.58. The summed E-state index contributed by atoms with van der Waals surface area (Å²) in [4.78, 5) is 22.2. The average Bonchev–Trinajstić information content (AvgIpc) is 3.25. The van der Waals surface area contributed by atoms with Crippen LogP contribution in [0.2, 0.25) is 0 Å². The molecule has 1 aromatic carbocycles. The molecule has 2 heterocycles. The number of rotatable bonds is 8. The number of ketones is 1. The van der Waals surface area contributed by atoms with E-state index in [-0.39, 0.29) is 17.7 Å². The van der Waals surface area contributed by atoms with E-state index in [1.165, 1.54) is 12.1 Å². The molecule has 1 aliphatic carbocycles. The van der Waals surface area contributed by atoms with Crippen molar-refractivity contribution in [1.29, 1.82) is 0 Å². The van der Waals surface area contributed by atoms with Crippen LogP contribution in [-0.2, 0) is 33.3 Å². The lowest BCUT2D eigenvalue weighted by Crippen LogP contribution is -2.45. The molecule has 0 spiro atoms. The minimum absolute atomic E-state index is 0.123. The summed E-state index contributed by atoms with van der Waals surface area (Å²) in [5, 5.41) is 3.31. The third-order valence-corrected chi connectivity index (χ3v) is 7.23. The van der Waals surface area contributed by atoms with Crippen LogP contribution in [0.4, 0.5) is 19.0 Å². The number of alkyl halides is 3. The fourth-order valence-electron chi connectivity index (χ4n) is 5.13. The lowest BCUT2D eigenvalue weighted by molar-refractivity contribution is -0.153. The molecule has 1 aliphatic heterocycles. The predicted octanol–water partition coefficient (Wildman–Crippen LogP) is 5.24. The largest absolute Gasteiger partial charge is 0.416 e. The van der Waals surface area contributed by atoms with E-state index in [9.17, 15) is 18.0 Å². The Balaban J connectivity index is 1.44. The molecule has 1 fully saturated rings.